The van der Waals surface area contributed by atoms with Gasteiger partial charge in [-0.2, -0.15) is 0 Å². The molecule has 0 spiro atoms. The van der Waals surface area contributed by atoms with Crippen LogP contribution in [0.1, 0.15) is 40.5 Å². The average Bonchev–Trinajstić information content (AvgIpc) is 2.38. The molecule has 0 saturated carbocycles. The molecule has 2 atom stereocenters. The molecule has 2 N–H and O–H groups in total. The van der Waals surface area contributed by atoms with Gasteiger partial charge in [-0.1, -0.05) is 32.4 Å². The van der Waals surface area contributed by atoms with Gasteiger partial charge in [-0.15, -0.1) is 0 Å². The number of nitrogens with one attached hydrogen (secondary N) is 2. The van der Waals surface area contributed by atoms with Crippen molar-refractivity contribution in [3.05, 3.63) is 24.3 Å². The third kappa shape index (κ3) is 4.80. The van der Waals surface area contributed by atoms with Crippen molar-refractivity contribution in [3.63, 3.8) is 0 Å². The van der Waals surface area contributed by atoms with Gasteiger partial charge in [0.1, 0.15) is 4.90 Å². The van der Waals surface area contributed by atoms with Gasteiger partial charge in [0.2, 0.25) is 10.0 Å². The van der Waals surface area contributed by atoms with Crippen LogP contribution in [0.4, 0.5) is 5.69 Å². The van der Waals surface area contributed by atoms with E-state index >= 15 is 0 Å². The second-order valence-electron chi connectivity index (χ2n) is 5.30. The number of anilines is 1. The first-order chi connectivity index (χ1) is 9.40. The molecule has 0 heterocycles. The van der Waals surface area contributed by atoms with Crippen LogP contribution in [0, 0.1) is 5.92 Å². The van der Waals surface area contributed by atoms with Crippen LogP contribution in [0.3, 0.4) is 0 Å². The Bertz CT molecular complexity index is 514. The van der Waals surface area contributed by atoms with Gasteiger partial charge in [0.25, 0.3) is 0 Å². The zero-order chi connectivity index (χ0) is 15.2. The van der Waals surface area contributed by atoms with E-state index in [9.17, 15) is 8.42 Å². The molecule has 2 unspecified atom stereocenters. The largest absolute Gasteiger partial charge is 0.384 e. The molecule has 0 saturated heterocycles. The summed E-state index contributed by atoms with van der Waals surface area (Å²) in [5, 5.41) is 3.09. The second-order valence-corrected chi connectivity index (χ2v) is 6.98. The Morgan fingerprint density at radius 1 is 1.15 bits per heavy atom. The lowest BCUT2D eigenvalue weighted by molar-refractivity contribution is 0.445. The summed E-state index contributed by atoms with van der Waals surface area (Å²) in [4.78, 5) is 0.317. The van der Waals surface area contributed by atoms with E-state index in [-0.39, 0.29) is 6.04 Å². The monoisotopic (exact) mass is 298 g/mol. The van der Waals surface area contributed by atoms with Crippen molar-refractivity contribution in [2.45, 2.75) is 51.5 Å². The van der Waals surface area contributed by atoms with Crippen LogP contribution in [0.5, 0.6) is 0 Å². The van der Waals surface area contributed by atoms with Gasteiger partial charge in [-0.25, -0.2) is 13.1 Å². The highest BCUT2D eigenvalue weighted by molar-refractivity contribution is 7.89. The molecule has 0 aromatic heterocycles. The molecular formula is C15H26N2O2S. The molecule has 5 heteroatoms. The third-order valence-corrected chi connectivity index (χ3v) is 5.00. The number of rotatable bonds is 8. The number of hydrogen-bond acceptors (Lipinski definition) is 3. The Morgan fingerprint density at radius 2 is 1.80 bits per heavy atom. The van der Waals surface area contributed by atoms with Gasteiger partial charge in [0.15, 0.2) is 0 Å². The van der Waals surface area contributed by atoms with Crippen LogP contribution in [-0.4, -0.2) is 21.0 Å². The highest BCUT2D eigenvalue weighted by atomic mass is 32.2. The maximum atomic E-state index is 12.5. The minimum absolute atomic E-state index is 0.0652. The Kier molecular flexibility index (Phi) is 6.49. The molecule has 0 amide bonds. The maximum Gasteiger partial charge on any atom is 0.242 e. The highest BCUT2D eigenvalue weighted by Crippen LogP contribution is 2.21. The van der Waals surface area contributed by atoms with Crippen LogP contribution in [0.15, 0.2) is 29.2 Å². The Labute approximate surface area is 123 Å². The number of sulfonamides is 1. The summed E-state index contributed by atoms with van der Waals surface area (Å²) in [6.45, 7) is 8.81. The van der Waals surface area contributed by atoms with Crippen molar-refractivity contribution >= 4 is 15.7 Å². The quantitative estimate of drug-likeness (QED) is 0.774. The first-order valence-corrected chi connectivity index (χ1v) is 8.74. The summed E-state index contributed by atoms with van der Waals surface area (Å²) in [6, 6.07) is 6.94. The van der Waals surface area contributed by atoms with Gasteiger partial charge in [0, 0.05) is 12.6 Å². The third-order valence-electron chi connectivity index (χ3n) is 3.35. The summed E-state index contributed by atoms with van der Waals surface area (Å²) in [6.07, 6.45) is 1.90. The smallest absolute Gasteiger partial charge is 0.242 e. The molecule has 4 nitrogen and oxygen atoms in total. The molecule has 0 aliphatic heterocycles. The molecule has 114 valence electrons. The zero-order valence-corrected chi connectivity index (χ0v) is 13.6. The second kappa shape index (κ2) is 7.64. The van der Waals surface area contributed by atoms with Crippen molar-refractivity contribution < 1.29 is 8.42 Å². The minimum Gasteiger partial charge on any atom is -0.384 e. The Balaban J connectivity index is 2.88. The predicted molar refractivity (Wildman–Crippen MR) is 84.5 cm³/mol. The summed E-state index contributed by atoms with van der Waals surface area (Å²) in [7, 11) is -3.48. The lowest BCUT2D eigenvalue weighted by Crippen LogP contribution is -2.34. The fraction of sp³-hybridized carbons (Fsp3) is 0.600. The van der Waals surface area contributed by atoms with Crippen molar-refractivity contribution in [1.29, 1.82) is 0 Å². The van der Waals surface area contributed by atoms with E-state index in [4.69, 9.17) is 0 Å². The van der Waals surface area contributed by atoms with Gasteiger partial charge in [-0.3, -0.25) is 0 Å². The van der Waals surface area contributed by atoms with E-state index in [2.05, 4.69) is 23.9 Å². The fourth-order valence-electron chi connectivity index (χ4n) is 2.18. The van der Waals surface area contributed by atoms with Crippen LogP contribution in [0.2, 0.25) is 0 Å². The van der Waals surface area contributed by atoms with Crippen LogP contribution >= 0.6 is 0 Å². The molecule has 1 aromatic carbocycles. The molecule has 1 aromatic rings. The highest BCUT2D eigenvalue weighted by Gasteiger charge is 2.21. The van der Waals surface area contributed by atoms with Gasteiger partial charge >= 0.3 is 0 Å². The molecule has 0 aliphatic carbocycles. The molecule has 0 radical (unpaired) electrons. The average molecular weight is 298 g/mol. The molecule has 20 heavy (non-hydrogen) atoms. The summed E-state index contributed by atoms with van der Waals surface area (Å²) in [5.74, 6) is 0.511. The molecule has 0 bridgehead atoms. The first-order valence-electron chi connectivity index (χ1n) is 7.25. The van der Waals surface area contributed by atoms with Crippen LogP contribution in [0.25, 0.3) is 0 Å². The van der Waals surface area contributed by atoms with Gasteiger partial charge in [0.05, 0.1) is 5.69 Å². The van der Waals surface area contributed by atoms with Gasteiger partial charge in [-0.05, 0) is 38.3 Å². The summed E-state index contributed by atoms with van der Waals surface area (Å²) < 4.78 is 27.7. The van der Waals surface area contributed by atoms with E-state index in [1.807, 2.05) is 19.9 Å². The predicted octanol–water partition coefficient (Wildman–Crippen LogP) is 3.22. The van der Waals surface area contributed by atoms with E-state index in [1.54, 1.807) is 18.2 Å². The van der Waals surface area contributed by atoms with E-state index in [1.165, 1.54) is 0 Å². The standard InChI is InChI=1S/C15H26N2O2S/c1-5-12(3)11-13(4)17-20(18,19)15-10-8-7-9-14(15)16-6-2/h7-10,12-13,16-17H,5-6,11H2,1-4H3. The van der Waals surface area contributed by atoms with Gasteiger partial charge < -0.3 is 5.32 Å². The Morgan fingerprint density at radius 3 is 2.40 bits per heavy atom. The SMILES string of the molecule is CCNc1ccccc1S(=O)(=O)NC(C)CC(C)CC. The van der Waals surface area contributed by atoms with Crippen molar-refractivity contribution in [3.8, 4) is 0 Å². The summed E-state index contributed by atoms with van der Waals surface area (Å²) in [5.41, 5.74) is 0.651. The number of benzene rings is 1. The maximum absolute atomic E-state index is 12.5. The molecule has 1 rings (SSSR count). The van der Waals surface area contributed by atoms with E-state index < -0.39 is 10.0 Å². The van der Waals surface area contributed by atoms with Crippen molar-refractivity contribution in [2.75, 3.05) is 11.9 Å². The molecular weight excluding hydrogens is 272 g/mol. The fourth-order valence-corrected chi connectivity index (χ4v) is 3.62. The molecule has 0 fully saturated rings. The minimum atomic E-state index is -3.48. The number of hydrogen-bond donors (Lipinski definition) is 2. The normalized spacial score (nSPS) is 14.8. The van der Waals surface area contributed by atoms with E-state index in [0.717, 1.165) is 12.8 Å². The van der Waals surface area contributed by atoms with Crippen LogP contribution in [-0.2, 0) is 10.0 Å². The lowest BCUT2D eigenvalue weighted by atomic mass is 10.0. The molecule has 0 aliphatic rings. The summed E-state index contributed by atoms with van der Waals surface area (Å²) >= 11 is 0. The van der Waals surface area contributed by atoms with E-state index in [0.29, 0.717) is 23.0 Å². The van der Waals surface area contributed by atoms with Crippen molar-refractivity contribution in [1.82, 2.24) is 4.72 Å². The Hall–Kier alpha value is -1.07. The first kappa shape index (κ1) is 17.0. The van der Waals surface area contributed by atoms with Crippen molar-refractivity contribution in [2.24, 2.45) is 5.92 Å². The van der Waals surface area contributed by atoms with Crippen LogP contribution < -0.4 is 10.0 Å². The zero-order valence-electron chi connectivity index (χ0n) is 12.8. The topological polar surface area (TPSA) is 58.2 Å². The number of para-hydroxylation sites is 1. The lowest BCUT2D eigenvalue weighted by Gasteiger charge is -2.19.